The van der Waals surface area contributed by atoms with Crippen molar-refractivity contribution in [3.63, 3.8) is 0 Å². The molecule has 0 N–H and O–H groups in total. The van der Waals surface area contributed by atoms with Crippen LogP contribution in [0.5, 0.6) is 0 Å². The van der Waals surface area contributed by atoms with Gasteiger partial charge in [-0.15, -0.1) is 0 Å². The second-order valence-corrected chi connectivity index (χ2v) is 4.95. The van der Waals surface area contributed by atoms with E-state index in [0.717, 1.165) is 12.1 Å². The van der Waals surface area contributed by atoms with Gasteiger partial charge in [0.15, 0.2) is 0 Å². The summed E-state index contributed by atoms with van der Waals surface area (Å²) in [6.45, 7) is 10.3. The van der Waals surface area contributed by atoms with Gasteiger partial charge in [-0.2, -0.15) is 0 Å². The van der Waals surface area contributed by atoms with Crippen LogP contribution in [0.15, 0.2) is 18.2 Å². The van der Waals surface area contributed by atoms with Gasteiger partial charge in [-0.25, -0.2) is 0 Å². The lowest BCUT2D eigenvalue weighted by Gasteiger charge is -2.27. The monoisotopic (exact) mass is 233 g/mol. The molecule has 0 unspecified atom stereocenters. The van der Waals surface area contributed by atoms with Crippen LogP contribution in [-0.2, 0) is 4.79 Å². The highest BCUT2D eigenvalue weighted by atomic mass is 16.2. The zero-order valence-corrected chi connectivity index (χ0v) is 11.6. The molecule has 0 saturated carbocycles. The smallest absolute Gasteiger partial charge is 0.227 e. The zero-order chi connectivity index (χ0) is 13.0. The van der Waals surface area contributed by atoms with E-state index in [0.29, 0.717) is 6.42 Å². The standard InChI is InChI=1S/C15H23NO/c1-6-7-15(17)16(11(2)3)14-9-12(4)8-13(5)10-14/h8-11H,6-7H2,1-5H3. The highest BCUT2D eigenvalue weighted by Gasteiger charge is 2.18. The highest BCUT2D eigenvalue weighted by molar-refractivity contribution is 5.94. The second kappa shape index (κ2) is 5.85. The summed E-state index contributed by atoms with van der Waals surface area (Å²) in [5, 5.41) is 0. The van der Waals surface area contributed by atoms with Crippen molar-refractivity contribution in [2.24, 2.45) is 0 Å². The Morgan fingerprint density at radius 1 is 1.18 bits per heavy atom. The van der Waals surface area contributed by atoms with E-state index in [-0.39, 0.29) is 11.9 Å². The van der Waals surface area contributed by atoms with Gasteiger partial charge < -0.3 is 4.90 Å². The Balaban J connectivity index is 3.09. The normalized spacial score (nSPS) is 10.7. The van der Waals surface area contributed by atoms with Crippen LogP contribution in [0.4, 0.5) is 5.69 Å². The van der Waals surface area contributed by atoms with Crippen LogP contribution >= 0.6 is 0 Å². The number of carbonyl (C=O) groups is 1. The first-order valence-corrected chi connectivity index (χ1v) is 6.36. The molecule has 2 nitrogen and oxygen atoms in total. The van der Waals surface area contributed by atoms with Crippen molar-refractivity contribution in [2.75, 3.05) is 4.90 Å². The molecule has 0 aromatic heterocycles. The Labute approximate surface area is 105 Å². The molecule has 1 aromatic rings. The first-order valence-electron chi connectivity index (χ1n) is 6.36. The number of hydrogen-bond acceptors (Lipinski definition) is 1. The topological polar surface area (TPSA) is 20.3 Å². The van der Waals surface area contributed by atoms with Crippen LogP contribution < -0.4 is 4.90 Å². The van der Waals surface area contributed by atoms with E-state index in [9.17, 15) is 4.79 Å². The van der Waals surface area contributed by atoms with E-state index in [1.165, 1.54) is 11.1 Å². The SMILES string of the molecule is CCCC(=O)N(c1cc(C)cc(C)c1)C(C)C. The second-order valence-electron chi connectivity index (χ2n) is 4.95. The molecule has 0 radical (unpaired) electrons. The Bertz CT molecular complexity index is 376. The van der Waals surface area contributed by atoms with Gasteiger partial charge in [-0.05, 0) is 57.4 Å². The molecule has 2 heteroatoms. The van der Waals surface area contributed by atoms with Crippen molar-refractivity contribution in [3.05, 3.63) is 29.3 Å². The Hall–Kier alpha value is -1.31. The minimum absolute atomic E-state index is 0.204. The number of anilines is 1. The molecule has 1 rings (SSSR count). The number of amides is 1. The molecule has 0 bridgehead atoms. The molecular weight excluding hydrogens is 210 g/mol. The average Bonchev–Trinajstić information content (AvgIpc) is 2.15. The van der Waals surface area contributed by atoms with Gasteiger partial charge in [0.1, 0.15) is 0 Å². The van der Waals surface area contributed by atoms with Crippen molar-refractivity contribution in [2.45, 2.75) is 53.5 Å². The van der Waals surface area contributed by atoms with Crippen LogP contribution in [-0.4, -0.2) is 11.9 Å². The van der Waals surface area contributed by atoms with Crippen LogP contribution in [0.3, 0.4) is 0 Å². The summed E-state index contributed by atoms with van der Waals surface area (Å²) >= 11 is 0. The van der Waals surface area contributed by atoms with Gasteiger partial charge >= 0.3 is 0 Å². The van der Waals surface area contributed by atoms with E-state index < -0.39 is 0 Å². The predicted octanol–water partition coefficient (Wildman–Crippen LogP) is 3.84. The van der Waals surface area contributed by atoms with Crippen molar-refractivity contribution in [1.82, 2.24) is 0 Å². The lowest BCUT2D eigenvalue weighted by molar-refractivity contribution is -0.119. The number of carbonyl (C=O) groups excluding carboxylic acids is 1. The number of hydrogen-bond donors (Lipinski definition) is 0. The summed E-state index contributed by atoms with van der Waals surface area (Å²) in [7, 11) is 0. The third-order valence-electron chi connectivity index (χ3n) is 2.73. The van der Waals surface area contributed by atoms with Crippen LogP contribution in [0.1, 0.15) is 44.7 Å². The largest absolute Gasteiger partial charge is 0.310 e. The lowest BCUT2D eigenvalue weighted by atomic mass is 10.1. The van der Waals surface area contributed by atoms with Gasteiger partial charge in [0.05, 0.1) is 0 Å². The molecule has 0 aliphatic rings. The highest BCUT2D eigenvalue weighted by Crippen LogP contribution is 2.22. The van der Waals surface area contributed by atoms with Gasteiger partial charge in [-0.3, -0.25) is 4.79 Å². The summed E-state index contributed by atoms with van der Waals surface area (Å²) in [6.07, 6.45) is 1.51. The molecule has 1 aromatic carbocycles. The fourth-order valence-corrected chi connectivity index (χ4v) is 2.15. The van der Waals surface area contributed by atoms with Crippen molar-refractivity contribution in [1.29, 1.82) is 0 Å². The number of nitrogens with zero attached hydrogens (tertiary/aromatic N) is 1. The maximum Gasteiger partial charge on any atom is 0.227 e. The molecule has 0 spiro atoms. The van der Waals surface area contributed by atoms with Crippen molar-refractivity contribution in [3.8, 4) is 0 Å². The lowest BCUT2D eigenvalue weighted by Crippen LogP contribution is -2.36. The maximum atomic E-state index is 12.1. The first-order chi connectivity index (χ1) is 7.95. The third kappa shape index (κ3) is 3.58. The molecule has 0 atom stereocenters. The molecular formula is C15H23NO. The van der Waals surface area contributed by atoms with Gasteiger partial charge in [0, 0.05) is 18.2 Å². The summed E-state index contributed by atoms with van der Waals surface area (Å²) in [4.78, 5) is 14.0. The van der Waals surface area contributed by atoms with E-state index in [1.54, 1.807) is 0 Å². The van der Waals surface area contributed by atoms with Crippen LogP contribution in [0.2, 0.25) is 0 Å². The van der Waals surface area contributed by atoms with Gasteiger partial charge in [0.25, 0.3) is 0 Å². The van der Waals surface area contributed by atoms with E-state index in [4.69, 9.17) is 0 Å². The molecule has 0 fully saturated rings. The number of aryl methyl sites for hydroxylation is 2. The number of benzene rings is 1. The summed E-state index contributed by atoms with van der Waals surface area (Å²) in [5.41, 5.74) is 3.43. The quantitative estimate of drug-likeness (QED) is 0.773. The molecule has 0 aliphatic heterocycles. The zero-order valence-electron chi connectivity index (χ0n) is 11.6. The molecule has 1 amide bonds. The van der Waals surface area contributed by atoms with Gasteiger partial charge in [0.2, 0.25) is 5.91 Å². The van der Waals surface area contributed by atoms with Gasteiger partial charge in [-0.1, -0.05) is 13.0 Å². The van der Waals surface area contributed by atoms with E-state index in [1.807, 2.05) is 11.8 Å². The maximum absolute atomic E-state index is 12.1. The fraction of sp³-hybridized carbons (Fsp3) is 0.533. The predicted molar refractivity (Wildman–Crippen MR) is 73.4 cm³/mol. The molecule has 17 heavy (non-hydrogen) atoms. The summed E-state index contributed by atoms with van der Waals surface area (Å²) in [6, 6.07) is 6.50. The summed E-state index contributed by atoms with van der Waals surface area (Å²) in [5.74, 6) is 0.215. The Morgan fingerprint density at radius 3 is 2.12 bits per heavy atom. The van der Waals surface area contributed by atoms with Crippen molar-refractivity contribution < 1.29 is 4.79 Å². The Kier molecular flexibility index (Phi) is 4.73. The Morgan fingerprint density at radius 2 is 1.71 bits per heavy atom. The molecule has 94 valence electrons. The molecule has 0 heterocycles. The van der Waals surface area contributed by atoms with E-state index in [2.05, 4.69) is 45.9 Å². The van der Waals surface area contributed by atoms with Crippen molar-refractivity contribution >= 4 is 11.6 Å². The average molecular weight is 233 g/mol. The summed E-state index contributed by atoms with van der Waals surface area (Å²) < 4.78 is 0. The molecule has 0 saturated heterocycles. The fourth-order valence-electron chi connectivity index (χ4n) is 2.15. The minimum atomic E-state index is 0.204. The molecule has 0 aliphatic carbocycles. The number of rotatable bonds is 4. The third-order valence-corrected chi connectivity index (χ3v) is 2.73. The first kappa shape index (κ1) is 13.8. The van der Waals surface area contributed by atoms with Crippen LogP contribution in [0, 0.1) is 13.8 Å². The van der Waals surface area contributed by atoms with Crippen LogP contribution in [0.25, 0.3) is 0 Å². The van der Waals surface area contributed by atoms with E-state index >= 15 is 0 Å². The minimum Gasteiger partial charge on any atom is -0.310 e.